The highest BCUT2D eigenvalue weighted by Crippen LogP contribution is 2.34. The number of ether oxygens (including phenoxy) is 1. The molecule has 20 heavy (non-hydrogen) atoms. The van der Waals surface area contributed by atoms with Crippen molar-refractivity contribution in [1.29, 1.82) is 0 Å². The van der Waals surface area contributed by atoms with E-state index in [0.717, 1.165) is 18.1 Å². The van der Waals surface area contributed by atoms with E-state index in [1.165, 1.54) is 24.8 Å². The second-order valence-electron chi connectivity index (χ2n) is 5.76. The minimum Gasteiger partial charge on any atom is -0.491 e. The molecule has 0 amide bonds. The van der Waals surface area contributed by atoms with Gasteiger partial charge in [0, 0.05) is 12.6 Å². The average molecular weight is 277 g/mol. The minimum atomic E-state index is -0.441. The molecule has 0 heterocycles. The van der Waals surface area contributed by atoms with Gasteiger partial charge in [0.05, 0.1) is 0 Å². The lowest BCUT2D eigenvalue weighted by atomic mass is 10.2. The van der Waals surface area contributed by atoms with Crippen molar-refractivity contribution in [3.63, 3.8) is 0 Å². The van der Waals surface area contributed by atoms with Gasteiger partial charge >= 0.3 is 0 Å². The number of nitrogens with one attached hydrogen (secondary N) is 1. The molecule has 2 N–H and O–H groups in total. The van der Waals surface area contributed by atoms with Crippen molar-refractivity contribution in [2.45, 2.75) is 51.7 Å². The molecule has 2 rings (SSSR count). The first kappa shape index (κ1) is 15.3. The van der Waals surface area contributed by atoms with Crippen LogP contribution in [0.2, 0.25) is 0 Å². The van der Waals surface area contributed by atoms with Gasteiger partial charge in [0.2, 0.25) is 0 Å². The first-order valence-electron chi connectivity index (χ1n) is 7.86. The van der Waals surface area contributed by atoms with E-state index < -0.39 is 6.10 Å². The molecule has 0 spiro atoms. The predicted octanol–water partition coefficient (Wildman–Crippen LogP) is 2.77. The van der Waals surface area contributed by atoms with E-state index in [2.05, 4.69) is 31.3 Å². The summed E-state index contributed by atoms with van der Waals surface area (Å²) in [4.78, 5) is 0. The fraction of sp³-hybridized carbons (Fsp3) is 0.647. The molecule has 1 aromatic rings. The number of aryl methyl sites for hydroxylation is 1. The standard InChI is InChI=1S/C17H27NO2/c1-3-5-14-10-17(14)18-11-15(19)12-20-16-8-6-13(4-2)7-9-16/h6-9,14-15,17-19H,3-5,10-12H2,1-2H3. The first-order valence-corrected chi connectivity index (χ1v) is 7.86. The van der Waals surface area contributed by atoms with Crippen molar-refractivity contribution in [2.75, 3.05) is 13.2 Å². The van der Waals surface area contributed by atoms with E-state index in [1.54, 1.807) is 0 Å². The van der Waals surface area contributed by atoms with Gasteiger partial charge in [0.25, 0.3) is 0 Å². The zero-order valence-electron chi connectivity index (χ0n) is 12.6. The van der Waals surface area contributed by atoms with Crippen molar-refractivity contribution in [2.24, 2.45) is 5.92 Å². The van der Waals surface area contributed by atoms with Crippen LogP contribution in [-0.2, 0) is 6.42 Å². The molecule has 0 aliphatic heterocycles. The summed E-state index contributed by atoms with van der Waals surface area (Å²) in [6.07, 6.45) is 4.41. The fourth-order valence-electron chi connectivity index (χ4n) is 2.55. The van der Waals surface area contributed by atoms with Crippen LogP contribution in [0.3, 0.4) is 0 Å². The van der Waals surface area contributed by atoms with Crippen molar-refractivity contribution in [3.05, 3.63) is 29.8 Å². The van der Waals surface area contributed by atoms with Crippen molar-refractivity contribution in [3.8, 4) is 5.75 Å². The van der Waals surface area contributed by atoms with Crippen molar-refractivity contribution < 1.29 is 9.84 Å². The van der Waals surface area contributed by atoms with Crippen LogP contribution in [0.25, 0.3) is 0 Å². The summed E-state index contributed by atoms with van der Waals surface area (Å²) in [5.41, 5.74) is 1.30. The molecule has 0 bridgehead atoms. The molecule has 1 fully saturated rings. The van der Waals surface area contributed by atoms with Crippen LogP contribution in [0.5, 0.6) is 5.75 Å². The Hall–Kier alpha value is -1.06. The van der Waals surface area contributed by atoms with E-state index in [1.807, 2.05) is 12.1 Å². The largest absolute Gasteiger partial charge is 0.491 e. The lowest BCUT2D eigenvalue weighted by Gasteiger charge is -2.13. The number of rotatable bonds is 9. The molecule has 1 saturated carbocycles. The van der Waals surface area contributed by atoms with Gasteiger partial charge in [-0.05, 0) is 42.9 Å². The van der Waals surface area contributed by atoms with E-state index in [-0.39, 0.29) is 0 Å². The Balaban J connectivity index is 1.61. The van der Waals surface area contributed by atoms with Crippen molar-refractivity contribution >= 4 is 0 Å². The number of aliphatic hydroxyl groups is 1. The van der Waals surface area contributed by atoms with Gasteiger partial charge < -0.3 is 15.2 Å². The normalized spacial score (nSPS) is 22.6. The van der Waals surface area contributed by atoms with E-state index in [0.29, 0.717) is 19.2 Å². The molecule has 3 unspecified atom stereocenters. The number of hydrogen-bond acceptors (Lipinski definition) is 3. The van der Waals surface area contributed by atoms with Gasteiger partial charge in [-0.15, -0.1) is 0 Å². The lowest BCUT2D eigenvalue weighted by Crippen LogP contribution is -2.33. The molecule has 1 aliphatic rings. The Labute approximate surface area is 122 Å². The first-order chi connectivity index (χ1) is 9.72. The molecule has 0 aromatic heterocycles. The SMILES string of the molecule is CCCC1CC1NCC(O)COc1ccc(CC)cc1. The highest BCUT2D eigenvalue weighted by molar-refractivity contribution is 5.27. The maximum Gasteiger partial charge on any atom is 0.119 e. The zero-order chi connectivity index (χ0) is 14.4. The summed E-state index contributed by atoms with van der Waals surface area (Å²) in [6.45, 7) is 5.33. The molecule has 1 aromatic carbocycles. The lowest BCUT2D eigenvalue weighted by molar-refractivity contribution is 0.106. The number of hydrogen-bond donors (Lipinski definition) is 2. The van der Waals surface area contributed by atoms with Crippen molar-refractivity contribution in [1.82, 2.24) is 5.32 Å². The molecule has 3 nitrogen and oxygen atoms in total. The maximum atomic E-state index is 9.92. The molecular formula is C17H27NO2. The molecule has 3 heteroatoms. The Morgan fingerprint density at radius 3 is 2.70 bits per heavy atom. The molecule has 0 radical (unpaired) electrons. The predicted molar refractivity (Wildman–Crippen MR) is 82.1 cm³/mol. The van der Waals surface area contributed by atoms with Gasteiger partial charge in [0.15, 0.2) is 0 Å². The van der Waals surface area contributed by atoms with Crippen LogP contribution in [-0.4, -0.2) is 30.4 Å². The quantitative estimate of drug-likeness (QED) is 0.729. The van der Waals surface area contributed by atoms with Gasteiger partial charge in [-0.25, -0.2) is 0 Å². The molecular weight excluding hydrogens is 250 g/mol. The van der Waals surface area contributed by atoms with Gasteiger partial charge in [-0.3, -0.25) is 0 Å². The Morgan fingerprint density at radius 2 is 2.05 bits per heavy atom. The average Bonchev–Trinajstić information content (AvgIpc) is 3.22. The summed E-state index contributed by atoms with van der Waals surface area (Å²) in [7, 11) is 0. The monoisotopic (exact) mass is 277 g/mol. The topological polar surface area (TPSA) is 41.5 Å². The fourth-order valence-corrected chi connectivity index (χ4v) is 2.55. The Bertz CT molecular complexity index is 390. The number of aliphatic hydroxyl groups excluding tert-OH is 1. The molecule has 3 atom stereocenters. The van der Waals surface area contributed by atoms with Crippen LogP contribution in [0.1, 0.15) is 38.7 Å². The van der Waals surface area contributed by atoms with Crippen LogP contribution >= 0.6 is 0 Å². The smallest absolute Gasteiger partial charge is 0.119 e. The highest BCUT2D eigenvalue weighted by atomic mass is 16.5. The van der Waals surface area contributed by atoms with E-state index >= 15 is 0 Å². The van der Waals surface area contributed by atoms with Gasteiger partial charge in [-0.2, -0.15) is 0 Å². The van der Waals surface area contributed by atoms with Gasteiger partial charge in [0.1, 0.15) is 18.5 Å². The van der Waals surface area contributed by atoms with Crippen LogP contribution < -0.4 is 10.1 Å². The summed E-state index contributed by atoms with van der Waals surface area (Å²) in [5.74, 6) is 1.66. The minimum absolute atomic E-state index is 0.351. The van der Waals surface area contributed by atoms with E-state index in [4.69, 9.17) is 4.74 Å². The molecule has 1 aliphatic carbocycles. The van der Waals surface area contributed by atoms with Crippen LogP contribution in [0.15, 0.2) is 24.3 Å². The Kier molecular flexibility index (Phi) is 5.86. The third-order valence-corrected chi connectivity index (χ3v) is 3.97. The summed E-state index contributed by atoms with van der Waals surface area (Å²) in [5, 5.41) is 13.3. The molecule has 0 saturated heterocycles. The highest BCUT2D eigenvalue weighted by Gasteiger charge is 2.35. The summed E-state index contributed by atoms with van der Waals surface area (Å²) >= 11 is 0. The summed E-state index contributed by atoms with van der Waals surface area (Å²) < 4.78 is 5.60. The third-order valence-electron chi connectivity index (χ3n) is 3.97. The van der Waals surface area contributed by atoms with E-state index in [9.17, 15) is 5.11 Å². The second kappa shape index (κ2) is 7.65. The molecule has 112 valence electrons. The third kappa shape index (κ3) is 4.80. The zero-order valence-corrected chi connectivity index (χ0v) is 12.6. The summed E-state index contributed by atoms with van der Waals surface area (Å²) in [6, 6.07) is 8.70. The maximum absolute atomic E-state index is 9.92. The van der Waals surface area contributed by atoms with Gasteiger partial charge in [-0.1, -0.05) is 32.4 Å². The van der Waals surface area contributed by atoms with Crippen LogP contribution in [0.4, 0.5) is 0 Å². The van der Waals surface area contributed by atoms with Crippen LogP contribution in [0, 0.1) is 5.92 Å². The second-order valence-corrected chi connectivity index (χ2v) is 5.76. The number of benzene rings is 1. The Morgan fingerprint density at radius 1 is 1.30 bits per heavy atom.